The summed E-state index contributed by atoms with van der Waals surface area (Å²) in [7, 11) is -3.80. The number of carboxylic acids is 1. The topological polar surface area (TPSA) is 103 Å². The second kappa shape index (κ2) is 4.11. The van der Waals surface area contributed by atoms with Gasteiger partial charge in [-0.1, -0.05) is 0 Å². The highest BCUT2D eigenvalue weighted by atomic mass is 32.2. The zero-order valence-electron chi connectivity index (χ0n) is 9.20. The van der Waals surface area contributed by atoms with E-state index in [-0.39, 0.29) is 11.1 Å². The highest BCUT2D eigenvalue weighted by Crippen LogP contribution is 2.30. The van der Waals surface area contributed by atoms with Crippen LogP contribution in [0.5, 0.6) is 0 Å². The molecule has 0 aliphatic carbocycles. The minimum atomic E-state index is -3.80. The third-order valence-corrected chi connectivity index (χ3v) is 4.86. The Hall–Kier alpha value is -1.41. The number of nitrogens with zero attached hydrogens (tertiary/aromatic N) is 2. The average Bonchev–Trinajstić information content (AvgIpc) is 2.84. The minimum Gasteiger partial charge on any atom is -0.480 e. The molecule has 2 atom stereocenters. The van der Waals surface area contributed by atoms with Crippen molar-refractivity contribution in [1.29, 1.82) is 0 Å². The van der Waals surface area contributed by atoms with E-state index < -0.39 is 22.0 Å². The molecule has 1 aliphatic heterocycles. The first-order valence-corrected chi connectivity index (χ1v) is 6.63. The number of aliphatic carboxylic acids is 1. The molecule has 7 nitrogen and oxygen atoms in total. The van der Waals surface area contributed by atoms with Crippen molar-refractivity contribution in [3.05, 3.63) is 12.5 Å². The van der Waals surface area contributed by atoms with Crippen molar-refractivity contribution in [2.45, 2.75) is 36.9 Å². The van der Waals surface area contributed by atoms with Crippen molar-refractivity contribution in [2.24, 2.45) is 0 Å². The normalized spacial score (nSPS) is 26.2. The van der Waals surface area contributed by atoms with Gasteiger partial charge in [0, 0.05) is 6.04 Å². The number of sulfonamides is 1. The molecule has 0 saturated carbocycles. The van der Waals surface area contributed by atoms with Gasteiger partial charge in [-0.2, -0.15) is 4.31 Å². The summed E-state index contributed by atoms with van der Waals surface area (Å²) < 4.78 is 25.5. The van der Waals surface area contributed by atoms with E-state index in [1.807, 2.05) is 0 Å². The van der Waals surface area contributed by atoms with Crippen LogP contribution < -0.4 is 0 Å². The smallest absolute Gasteiger partial charge is 0.322 e. The Kier molecular flexibility index (Phi) is 2.92. The minimum absolute atomic E-state index is 0.0718. The summed E-state index contributed by atoms with van der Waals surface area (Å²) in [5.74, 6) is -1.11. The molecule has 17 heavy (non-hydrogen) atoms. The van der Waals surface area contributed by atoms with E-state index in [1.54, 1.807) is 6.92 Å². The Bertz CT molecular complexity index is 510. The van der Waals surface area contributed by atoms with Crippen LogP contribution in [0.1, 0.15) is 19.8 Å². The highest BCUT2D eigenvalue weighted by Gasteiger charge is 2.44. The molecule has 1 aromatic heterocycles. The van der Waals surface area contributed by atoms with Crippen molar-refractivity contribution >= 4 is 16.0 Å². The SMILES string of the molecule is C[C@H]1CC[C@@H](C(=O)O)N1S(=O)(=O)c1cnc[nH]1. The van der Waals surface area contributed by atoms with Gasteiger partial charge in [0.05, 0.1) is 12.5 Å². The lowest BCUT2D eigenvalue weighted by molar-refractivity contribution is -0.140. The summed E-state index contributed by atoms with van der Waals surface area (Å²) in [5, 5.41) is 8.96. The fourth-order valence-corrected chi connectivity index (χ4v) is 3.83. The van der Waals surface area contributed by atoms with Gasteiger partial charge in [0.15, 0.2) is 5.03 Å². The first kappa shape index (κ1) is 12.1. The molecule has 2 N–H and O–H groups in total. The van der Waals surface area contributed by atoms with Crippen molar-refractivity contribution in [3.63, 3.8) is 0 Å². The fraction of sp³-hybridized carbons (Fsp3) is 0.556. The summed E-state index contributed by atoms with van der Waals surface area (Å²) >= 11 is 0. The number of aromatic nitrogens is 2. The van der Waals surface area contributed by atoms with Crippen LogP contribution in [0.2, 0.25) is 0 Å². The number of hydrogen-bond acceptors (Lipinski definition) is 4. The number of carboxylic acid groups (broad SMARTS) is 1. The number of rotatable bonds is 3. The van der Waals surface area contributed by atoms with Crippen LogP contribution >= 0.6 is 0 Å². The van der Waals surface area contributed by atoms with E-state index in [9.17, 15) is 13.2 Å². The zero-order valence-corrected chi connectivity index (χ0v) is 10.0. The lowest BCUT2D eigenvalue weighted by atomic mass is 10.2. The molecule has 0 aromatic carbocycles. The first-order chi connectivity index (χ1) is 7.94. The van der Waals surface area contributed by atoms with Crippen LogP contribution in [0.25, 0.3) is 0 Å². The highest BCUT2D eigenvalue weighted by molar-refractivity contribution is 7.89. The molecule has 1 fully saturated rings. The van der Waals surface area contributed by atoms with Crippen molar-refractivity contribution in [1.82, 2.24) is 14.3 Å². The average molecular weight is 259 g/mol. The van der Waals surface area contributed by atoms with E-state index in [2.05, 4.69) is 9.97 Å². The predicted octanol–water partition coefficient (Wildman–Crippen LogP) is 0.0359. The summed E-state index contributed by atoms with van der Waals surface area (Å²) in [4.78, 5) is 17.2. The molecular formula is C9H13N3O4S. The molecule has 1 saturated heterocycles. The molecule has 94 valence electrons. The number of H-pyrrole nitrogens is 1. The summed E-state index contributed by atoms with van der Waals surface area (Å²) in [6.45, 7) is 1.71. The van der Waals surface area contributed by atoms with Gasteiger partial charge in [0.2, 0.25) is 0 Å². The Morgan fingerprint density at radius 2 is 2.29 bits per heavy atom. The number of nitrogens with one attached hydrogen (secondary N) is 1. The van der Waals surface area contributed by atoms with Crippen LogP contribution in [0, 0.1) is 0 Å². The second-order valence-electron chi connectivity index (χ2n) is 4.03. The number of aromatic amines is 1. The van der Waals surface area contributed by atoms with E-state index in [0.717, 1.165) is 4.31 Å². The lowest BCUT2D eigenvalue weighted by Gasteiger charge is -2.24. The van der Waals surface area contributed by atoms with E-state index in [1.165, 1.54) is 12.5 Å². The van der Waals surface area contributed by atoms with Crippen LogP contribution in [0.15, 0.2) is 17.6 Å². The van der Waals surface area contributed by atoms with Crippen LogP contribution in [-0.4, -0.2) is 45.9 Å². The third kappa shape index (κ3) is 1.93. The van der Waals surface area contributed by atoms with Gasteiger partial charge in [-0.25, -0.2) is 13.4 Å². The second-order valence-corrected chi connectivity index (χ2v) is 5.84. The van der Waals surface area contributed by atoms with Gasteiger partial charge in [-0.05, 0) is 19.8 Å². The van der Waals surface area contributed by atoms with Crippen LogP contribution in [0.3, 0.4) is 0 Å². The van der Waals surface area contributed by atoms with Crippen molar-refractivity contribution in [2.75, 3.05) is 0 Å². The molecule has 1 aromatic rings. The Labute approximate surface area is 98.5 Å². The van der Waals surface area contributed by atoms with Crippen LogP contribution in [0.4, 0.5) is 0 Å². The quantitative estimate of drug-likeness (QED) is 0.797. The number of carbonyl (C=O) groups is 1. The third-order valence-electron chi connectivity index (χ3n) is 2.91. The Morgan fingerprint density at radius 3 is 2.82 bits per heavy atom. The molecule has 0 amide bonds. The summed E-state index contributed by atoms with van der Waals surface area (Å²) in [6.07, 6.45) is 3.32. The van der Waals surface area contributed by atoms with Crippen molar-refractivity contribution in [3.8, 4) is 0 Å². The van der Waals surface area contributed by atoms with E-state index >= 15 is 0 Å². The van der Waals surface area contributed by atoms with Crippen LogP contribution in [-0.2, 0) is 14.8 Å². The maximum Gasteiger partial charge on any atom is 0.322 e. The monoisotopic (exact) mass is 259 g/mol. The van der Waals surface area contributed by atoms with Gasteiger partial charge in [-0.15, -0.1) is 0 Å². The Balaban J connectivity index is 2.41. The van der Waals surface area contributed by atoms with Gasteiger partial charge in [0.25, 0.3) is 10.0 Å². The summed E-state index contributed by atoms with van der Waals surface area (Å²) in [6, 6.07) is -1.30. The number of imidazole rings is 1. The molecule has 2 heterocycles. The maximum atomic E-state index is 12.2. The maximum absolute atomic E-state index is 12.2. The largest absolute Gasteiger partial charge is 0.480 e. The molecule has 0 radical (unpaired) electrons. The molecule has 0 unspecified atom stereocenters. The van der Waals surface area contributed by atoms with Gasteiger partial charge in [-0.3, -0.25) is 4.79 Å². The first-order valence-electron chi connectivity index (χ1n) is 5.19. The molecule has 2 rings (SSSR count). The number of hydrogen-bond donors (Lipinski definition) is 2. The van der Waals surface area contributed by atoms with Crippen molar-refractivity contribution < 1.29 is 18.3 Å². The molecule has 8 heteroatoms. The lowest BCUT2D eigenvalue weighted by Crippen LogP contribution is -2.43. The summed E-state index contributed by atoms with van der Waals surface area (Å²) in [5.41, 5.74) is 0. The fourth-order valence-electron chi connectivity index (χ4n) is 2.10. The Morgan fingerprint density at radius 1 is 1.59 bits per heavy atom. The van der Waals surface area contributed by atoms with Gasteiger partial charge >= 0.3 is 5.97 Å². The molecular weight excluding hydrogens is 246 g/mol. The standard InChI is InChI=1S/C9H13N3O4S/c1-6-2-3-7(9(13)14)12(6)17(15,16)8-4-10-5-11-8/h4-7H,2-3H2,1H3,(H,10,11)(H,13,14)/t6-,7-/m0/s1. The molecule has 1 aliphatic rings. The van der Waals surface area contributed by atoms with E-state index in [4.69, 9.17) is 5.11 Å². The van der Waals surface area contributed by atoms with Gasteiger partial charge in [0.1, 0.15) is 6.04 Å². The molecule has 0 spiro atoms. The molecule has 0 bridgehead atoms. The zero-order chi connectivity index (χ0) is 12.6. The predicted molar refractivity (Wildman–Crippen MR) is 57.7 cm³/mol. The van der Waals surface area contributed by atoms with E-state index in [0.29, 0.717) is 12.8 Å². The van der Waals surface area contributed by atoms with Gasteiger partial charge < -0.3 is 10.1 Å².